The van der Waals surface area contributed by atoms with Gasteiger partial charge in [-0.15, -0.1) is 10.2 Å². The van der Waals surface area contributed by atoms with E-state index in [-0.39, 0.29) is 23.2 Å². The number of pyridine rings is 1. The third kappa shape index (κ3) is 3.90. The van der Waals surface area contributed by atoms with Crippen molar-refractivity contribution in [1.29, 1.82) is 0 Å². The Kier molecular flexibility index (Phi) is 5.47. The molecular weight excluding hydrogens is 505 g/mol. The van der Waals surface area contributed by atoms with Crippen LogP contribution in [0.3, 0.4) is 0 Å². The number of carbonyl (C=O) groups is 1. The number of carbonyl (C=O) groups excluding carboxylic acids is 1. The second-order valence-corrected chi connectivity index (χ2v) is 12.1. The minimum atomic E-state index is -4.57. The van der Waals surface area contributed by atoms with E-state index in [1.54, 1.807) is 12.4 Å². The molecule has 4 aliphatic rings. The van der Waals surface area contributed by atoms with Gasteiger partial charge in [0.25, 0.3) is 5.91 Å². The van der Waals surface area contributed by atoms with Crippen molar-refractivity contribution < 1.29 is 18.0 Å². The Labute approximate surface area is 225 Å². The van der Waals surface area contributed by atoms with Gasteiger partial charge < -0.3 is 9.47 Å². The molecule has 7 rings (SSSR count). The smallest absolute Gasteiger partial charge is 0.320 e. The van der Waals surface area contributed by atoms with Crippen molar-refractivity contribution in [2.75, 3.05) is 11.4 Å². The summed E-state index contributed by atoms with van der Waals surface area (Å²) in [6.07, 6.45) is 2.27. The van der Waals surface area contributed by atoms with Crippen molar-refractivity contribution in [3.05, 3.63) is 70.6 Å². The van der Waals surface area contributed by atoms with Gasteiger partial charge in [-0.05, 0) is 67.7 Å². The van der Waals surface area contributed by atoms with Gasteiger partial charge in [0.2, 0.25) is 0 Å². The zero-order valence-electron chi connectivity index (χ0n) is 22.1. The maximum atomic E-state index is 14.3. The van der Waals surface area contributed by atoms with Gasteiger partial charge in [0.1, 0.15) is 17.8 Å². The number of nitrogens with zero attached hydrogens (tertiary/aromatic N) is 6. The number of halogens is 3. The quantitative estimate of drug-likeness (QED) is 0.455. The van der Waals surface area contributed by atoms with Crippen LogP contribution in [-0.2, 0) is 31.7 Å². The summed E-state index contributed by atoms with van der Waals surface area (Å²) in [6, 6.07) is 9.17. The molecule has 1 aromatic carbocycles. The highest BCUT2D eigenvalue weighted by molar-refractivity contribution is 6.09. The van der Waals surface area contributed by atoms with Gasteiger partial charge in [0.05, 0.1) is 23.2 Å². The largest absolute Gasteiger partial charge is 0.416 e. The van der Waals surface area contributed by atoms with Crippen LogP contribution < -0.4 is 4.90 Å². The first-order valence-corrected chi connectivity index (χ1v) is 13.7. The average molecular weight is 537 g/mol. The van der Waals surface area contributed by atoms with Crippen molar-refractivity contribution in [3.63, 3.8) is 0 Å². The lowest BCUT2D eigenvalue weighted by Crippen LogP contribution is -2.43. The van der Waals surface area contributed by atoms with Gasteiger partial charge in [-0.2, -0.15) is 13.2 Å². The number of hydrogen-bond donors (Lipinski definition) is 0. The van der Waals surface area contributed by atoms with Crippen LogP contribution in [0.2, 0.25) is 0 Å². The fourth-order valence-corrected chi connectivity index (χ4v) is 7.66. The molecule has 2 aliphatic carbocycles. The van der Waals surface area contributed by atoms with Crippen LogP contribution >= 0.6 is 0 Å². The van der Waals surface area contributed by atoms with Gasteiger partial charge in [-0.25, -0.2) is 4.98 Å². The van der Waals surface area contributed by atoms with Gasteiger partial charge in [-0.1, -0.05) is 19.1 Å². The Morgan fingerprint density at radius 2 is 1.97 bits per heavy atom. The molecule has 2 aliphatic heterocycles. The standard InChI is InChI=1S/C29H31F3N6O/c1-17-11-28(12-17,27-35-33-16-36(27)2)19-4-3-5-22(9-19)38-15-23-24(29(30,31)32)10-20(34-25(23)26(38)39)14-37-13-18-6-7-21(37)8-18/h3-5,9-10,16-18,21H,6-8,11-15H2,1-2H3/t17?,18-,21+,28?/m1/s1. The van der Waals surface area contributed by atoms with Crippen LogP contribution in [0.15, 0.2) is 36.7 Å². The van der Waals surface area contributed by atoms with Gasteiger partial charge in [-0.3, -0.25) is 9.69 Å². The van der Waals surface area contributed by atoms with Crippen LogP contribution in [0.5, 0.6) is 0 Å². The third-order valence-electron chi connectivity index (χ3n) is 9.38. The molecule has 2 bridgehead atoms. The number of likely N-dealkylation sites (tertiary alicyclic amines) is 1. The summed E-state index contributed by atoms with van der Waals surface area (Å²) in [7, 11) is 1.92. The fraction of sp³-hybridized carbons (Fsp3) is 0.517. The van der Waals surface area contributed by atoms with Crippen LogP contribution in [0, 0.1) is 11.8 Å². The maximum absolute atomic E-state index is 14.3. The van der Waals surface area contributed by atoms with E-state index in [9.17, 15) is 18.0 Å². The van der Waals surface area contributed by atoms with Crippen molar-refractivity contribution in [3.8, 4) is 0 Å². The maximum Gasteiger partial charge on any atom is 0.416 e. The zero-order valence-corrected chi connectivity index (χ0v) is 22.1. The lowest BCUT2D eigenvalue weighted by Gasteiger charge is -2.46. The molecule has 2 aromatic heterocycles. The molecule has 10 heteroatoms. The predicted octanol–water partition coefficient (Wildman–Crippen LogP) is 5.09. The van der Waals surface area contributed by atoms with Crippen molar-refractivity contribution >= 4 is 11.6 Å². The van der Waals surface area contributed by atoms with E-state index in [2.05, 4.69) is 27.0 Å². The third-order valence-corrected chi connectivity index (χ3v) is 9.38. The van der Waals surface area contributed by atoms with Gasteiger partial charge in [0.15, 0.2) is 0 Å². The lowest BCUT2D eigenvalue weighted by atomic mass is 9.58. The van der Waals surface area contributed by atoms with Crippen LogP contribution in [0.1, 0.15) is 77.7 Å². The number of anilines is 1. The summed E-state index contributed by atoms with van der Waals surface area (Å²) in [5, 5.41) is 8.47. The van der Waals surface area contributed by atoms with E-state index in [0.29, 0.717) is 35.8 Å². The van der Waals surface area contributed by atoms with E-state index in [4.69, 9.17) is 0 Å². The molecule has 2 atom stereocenters. The Balaban J connectivity index is 1.23. The molecule has 39 heavy (non-hydrogen) atoms. The van der Waals surface area contributed by atoms with E-state index in [1.165, 1.54) is 11.3 Å². The number of benzene rings is 1. The monoisotopic (exact) mass is 536 g/mol. The van der Waals surface area contributed by atoms with E-state index in [1.807, 2.05) is 29.8 Å². The molecule has 2 saturated carbocycles. The SMILES string of the molecule is CC1CC(c2cccc(N3Cc4c(C(F)(F)F)cc(CN5C[C@@H]6CC[C@H]5C6)nc4C3=O)c2)(c2nncn2C)C1. The number of amides is 1. The molecule has 4 heterocycles. The van der Waals surface area contributed by atoms with Crippen LogP contribution in [-0.4, -0.2) is 43.1 Å². The number of hydrogen-bond acceptors (Lipinski definition) is 5. The van der Waals surface area contributed by atoms with Gasteiger partial charge >= 0.3 is 6.18 Å². The molecule has 0 spiro atoms. The van der Waals surface area contributed by atoms with E-state index < -0.39 is 17.6 Å². The summed E-state index contributed by atoms with van der Waals surface area (Å²) in [4.78, 5) is 21.8. The van der Waals surface area contributed by atoms with Crippen molar-refractivity contribution in [2.24, 2.45) is 18.9 Å². The average Bonchev–Trinajstić information content (AvgIpc) is 3.67. The summed E-state index contributed by atoms with van der Waals surface area (Å²) in [5.74, 6) is 1.51. The van der Waals surface area contributed by atoms with Crippen LogP contribution in [0.4, 0.5) is 18.9 Å². The molecule has 7 nitrogen and oxygen atoms in total. The number of aryl methyl sites for hydroxylation is 1. The number of piperidine rings is 1. The topological polar surface area (TPSA) is 67.2 Å². The van der Waals surface area contributed by atoms with Gasteiger partial charge in [0, 0.05) is 37.4 Å². The lowest BCUT2D eigenvalue weighted by molar-refractivity contribution is -0.138. The summed E-state index contributed by atoms with van der Waals surface area (Å²) < 4.78 is 44.7. The molecule has 3 fully saturated rings. The Bertz CT molecular complexity index is 1460. The van der Waals surface area contributed by atoms with Crippen molar-refractivity contribution in [1.82, 2.24) is 24.6 Å². The van der Waals surface area contributed by atoms with E-state index >= 15 is 0 Å². The molecule has 0 radical (unpaired) electrons. The van der Waals surface area contributed by atoms with E-state index in [0.717, 1.165) is 49.7 Å². The summed E-state index contributed by atoms with van der Waals surface area (Å²) in [5.41, 5.74) is 0.688. The van der Waals surface area contributed by atoms with Crippen LogP contribution in [0.25, 0.3) is 0 Å². The van der Waals surface area contributed by atoms with Crippen molar-refractivity contribution in [2.45, 2.75) is 69.8 Å². The minimum absolute atomic E-state index is 0.0372. The number of fused-ring (bicyclic) bond motifs is 3. The molecule has 1 amide bonds. The molecular formula is C29H31F3N6O. The molecule has 0 N–H and O–H groups in total. The number of rotatable bonds is 5. The number of aromatic nitrogens is 4. The molecule has 204 valence electrons. The normalized spacial score (nSPS) is 28.3. The zero-order chi connectivity index (χ0) is 27.1. The molecule has 0 unspecified atom stereocenters. The Hall–Kier alpha value is -3.27. The first-order chi connectivity index (χ1) is 18.6. The summed E-state index contributed by atoms with van der Waals surface area (Å²) >= 11 is 0. The Morgan fingerprint density at radius 1 is 1.15 bits per heavy atom. The first-order valence-electron chi connectivity index (χ1n) is 13.7. The second kappa shape index (κ2) is 8.61. The minimum Gasteiger partial charge on any atom is -0.320 e. The first kappa shape index (κ1) is 24.7. The summed E-state index contributed by atoms with van der Waals surface area (Å²) in [6.45, 7) is 3.28. The fourth-order valence-electron chi connectivity index (χ4n) is 7.66. The highest BCUT2D eigenvalue weighted by Gasteiger charge is 2.49. The Morgan fingerprint density at radius 3 is 2.62 bits per heavy atom. The highest BCUT2D eigenvalue weighted by Crippen LogP contribution is 2.52. The second-order valence-electron chi connectivity index (χ2n) is 12.1. The number of alkyl halides is 3. The molecule has 3 aromatic rings. The molecule has 1 saturated heterocycles. The highest BCUT2D eigenvalue weighted by atomic mass is 19.4. The predicted molar refractivity (Wildman–Crippen MR) is 138 cm³/mol.